The minimum atomic E-state index is -0.862. The van der Waals surface area contributed by atoms with Gasteiger partial charge in [0.05, 0.1) is 0 Å². The van der Waals surface area contributed by atoms with Crippen LogP contribution in [0.1, 0.15) is 20.3 Å². The van der Waals surface area contributed by atoms with Gasteiger partial charge in [-0.2, -0.15) is 0 Å². The zero-order valence-corrected chi connectivity index (χ0v) is 14.4. The van der Waals surface area contributed by atoms with E-state index in [1.165, 1.54) is 29.2 Å². The lowest BCUT2D eigenvalue weighted by atomic mass is 10.1. The van der Waals surface area contributed by atoms with Crippen LogP contribution in [0, 0.1) is 5.82 Å². The van der Waals surface area contributed by atoms with Crippen LogP contribution in [0.2, 0.25) is 0 Å². The van der Waals surface area contributed by atoms with Gasteiger partial charge in [-0.25, -0.2) is 9.37 Å². The number of anilines is 3. The zero-order valence-electron chi connectivity index (χ0n) is 14.4. The van der Waals surface area contributed by atoms with Crippen molar-refractivity contribution in [3.63, 3.8) is 0 Å². The van der Waals surface area contributed by atoms with E-state index in [0.29, 0.717) is 17.9 Å². The first-order valence-corrected chi connectivity index (χ1v) is 8.23. The number of aromatic nitrogens is 1. The Labute approximate surface area is 150 Å². The number of nitrogens with zero attached hydrogens (tertiary/aromatic N) is 2. The van der Waals surface area contributed by atoms with Crippen molar-refractivity contribution >= 4 is 29.1 Å². The summed E-state index contributed by atoms with van der Waals surface area (Å²) in [5.74, 6) is -0.379. The number of fused-ring (bicyclic) bond motifs is 1. The average Bonchev–Trinajstić information content (AvgIpc) is 2.62. The lowest BCUT2D eigenvalue weighted by Gasteiger charge is -2.36. The molecule has 2 aromatic rings. The molecule has 1 aromatic heterocycles. The van der Waals surface area contributed by atoms with Crippen LogP contribution in [0.3, 0.4) is 0 Å². The minimum Gasteiger partial charge on any atom is -0.477 e. The Morgan fingerprint density at radius 2 is 2.04 bits per heavy atom. The van der Waals surface area contributed by atoms with Gasteiger partial charge >= 0.3 is 0 Å². The first-order valence-electron chi connectivity index (χ1n) is 8.23. The van der Waals surface area contributed by atoms with Gasteiger partial charge in [0.15, 0.2) is 17.7 Å². The van der Waals surface area contributed by atoms with Crippen molar-refractivity contribution in [2.45, 2.75) is 32.4 Å². The topological polar surface area (TPSA) is 97.6 Å². The number of ether oxygens (including phenoxy) is 1. The summed E-state index contributed by atoms with van der Waals surface area (Å²) in [4.78, 5) is 30.9. The van der Waals surface area contributed by atoms with Crippen molar-refractivity contribution in [1.29, 1.82) is 0 Å². The van der Waals surface area contributed by atoms with E-state index >= 15 is 0 Å². The van der Waals surface area contributed by atoms with E-state index in [-0.39, 0.29) is 17.5 Å². The Bertz CT molecular complexity index is 841. The van der Waals surface area contributed by atoms with Crippen LogP contribution in [0.25, 0.3) is 0 Å². The summed E-state index contributed by atoms with van der Waals surface area (Å²) in [6.07, 6.45) is -0.250. The van der Waals surface area contributed by atoms with E-state index in [2.05, 4.69) is 10.3 Å². The number of nitrogens with two attached hydrogens (primary N) is 1. The lowest BCUT2D eigenvalue weighted by molar-refractivity contribution is -0.129. The third-order valence-electron chi connectivity index (χ3n) is 4.12. The van der Waals surface area contributed by atoms with Gasteiger partial charge in [-0.15, -0.1) is 0 Å². The standard InChI is InChI=1S/C18H19FN4O3/c1-3-13-18(25)23(16-14(26-13)8-9-15(20)22-16)10(2)17(24)21-12-6-4-11(19)5-7-12/h4-10,13H,3H2,1-2H3,(H2,20,22)(H,21,24). The molecule has 0 saturated carbocycles. The van der Waals surface area contributed by atoms with E-state index in [0.717, 1.165) is 0 Å². The molecule has 1 aromatic carbocycles. The summed E-state index contributed by atoms with van der Waals surface area (Å²) in [6, 6.07) is 7.71. The van der Waals surface area contributed by atoms with Gasteiger partial charge < -0.3 is 15.8 Å². The third-order valence-corrected chi connectivity index (χ3v) is 4.12. The molecule has 0 saturated heterocycles. The van der Waals surface area contributed by atoms with Crippen LogP contribution in [0.4, 0.5) is 21.7 Å². The highest BCUT2D eigenvalue weighted by atomic mass is 19.1. The second-order valence-electron chi connectivity index (χ2n) is 5.95. The smallest absolute Gasteiger partial charge is 0.270 e. The molecule has 0 bridgehead atoms. The Balaban J connectivity index is 1.90. The molecule has 2 unspecified atom stereocenters. The van der Waals surface area contributed by atoms with Crippen LogP contribution in [-0.2, 0) is 9.59 Å². The maximum atomic E-state index is 13.0. The maximum Gasteiger partial charge on any atom is 0.270 e. The highest BCUT2D eigenvalue weighted by Gasteiger charge is 2.39. The van der Waals surface area contributed by atoms with E-state index in [1.54, 1.807) is 19.1 Å². The highest BCUT2D eigenvalue weighted by Crippen LogP contribution is 2.35. The highest BCUT2D eigenvalue weighted by molar-refractivity contribution is 6.07. The van der Waals surface area contributed by atoms with Crippen molar-refractivity contribution in [2.75, 3.05) is 16.0 Å². The molecule has 3 N–H and O–H groups in total. The molecule has 2 heterocycles. The number of nitrogen functional groups attached to an aromatic ring is 1. The number of hydrogen-bond acceptors (Lipinski definition) is 5. The summed E-state index contributed by atoms with van der Waals surface area (Å²) in [5, 5.41) is 2.67. The SMILES string of the molecule is CCC1Oc2ccc(N)nc2N(C(C)C(=O)Nc2ccc(F)cc2)C1=O. The summed E-state index contributed by atoms with van der Waals surface area (Å²) < 4.78 is 18.7. The fraction of sp³-hybridized carbons (Fsp3) is 0.278. The average molecular weight is 358 g/mol. The molecule has 7 nitrogen and oxygen atoms in total. The largest absolute Gasteiger partial charge is 0.477 e. The van der Waals surface area contributed by atoms with Crippen LogP contribution in [0.5, 0.6) is 5.75 Å². The van der Waals surface area contributed by atoms with E-state index in [9.17, 15) is 14.0 Å². The summed E-state index contributed by atoms with van der Waals surface area (Å²) in [5.41, 5.74) is 6.16. The monoisotopic (exact) mass is 358 g/mol. The van der Waals surface area contributed by atoms with Crippen molar-refractivity contribution in [3.05, 3.63) is 42.2 Å². The predicted octanol–water partition coefficient (Wildman–Crippen LogP) is 2.33. The molecule has 2 atom stereocenters. The van der Waals surface area contributed by atoms with Gasteiger partial charge in [0.1, 0.15) is 17.7 Å². The van der Waals surface area contributed by atoms with Crippen LogP contribution >= 0.6 is 0 Å². The van der Waals surface area contributed by atoms with E-state index < -0.39 is 23.9 Å². The molecule has 1 aliphatic rings. The molecule has 8 heteroatoms. The number of carbonyl (C=O) groups is 2. The van der Waals surface area contributed by atoms with Crippen molar-refractivity contribution in [3.8, 4) is 5.75 Å². The molecule has 26 heavy (non-hydrogen) atoms. The molecule has 0 spiro atoms. The van der Waals surface area contributed by atoms with E-state index in [4.69, 9.17) is 10.5 Å². The molecule has 0 radical (unpaired) electrons. The molecule has 0 aliphatic carbocycles. The number of halogens is 1. The van der Waals surface area contributed by atoms with Gasteiger partial charge in [-0.05, 0) is 49.7 Å². The summed E-state index contributed by atoms with van der Waals surface area (Å²) in [7, 11) is 0. The second kappa shape index (κ2) is 6.99. The van der Waals surface area contributed by atoms with E-state index in [1.807, 2.05) is 6.92 Å². The predicted molar refractivity (Wildman–Crippen MR) is 95.3 cm³/mol. The lowest BCUT2D eigenvalue weighted by Crippen LogP contribution is -2.53. The number of nitrogens with one attached hydrogen (secondary N) is 1. The van der Waals surface area contributed by atoms with Crippen molar-refractivity contribution < 1.29 is 18.7 Å². The Morgan fingerprint density at radius 1 is 1.35 bits per heavy atom. The third kappa shape index (κ3) is 3.30. The Kier molecular flexibility index (Phi) is 4.75. The van der Waals surface area contributed by atoms with Crippen molar-refractivity contribution in [2.24, 2.45) is 0 Å². The first-order chi connectivity index (χ1) is 12.4. The second-order valence-corrected chi connectivity index (χ2v) is 5.95. The van der Waals surface area contributed by atoms with Crippen LogP contribution in [0.15, 0.2) is 36.4 Å². The fourth-order valence-corrected chi connectivity index (χ4v) is 2.71. The number of hydrogen-bond donors (Lipinski definition) is 2. The van der Waals surface area contributed by atoms with Gasteiger partial charge in [-0.3, -0.25) is 14.5 Å². The van der Waals surface area contributed by atoms with Crippen molar-refractivity contribution in [1.82, 2.24) is 4.98 Å². The Hall–Kier alpha value is -3.16. The molecule has 0 fully saturated rings. The summed E-state index contributed by atoms with van der Waals surface area (Å²) in [6.45, 7) is 3.41. The Morgan fingerprint density at radius 3 is 2.69 bits per heavy atom. The molecule has 1 aliphatic heterocycles. The summed E-state index contributed by atoms with van der Waals surface area (Å²) >= 11 is 0. The molecule has 136 valence electrons. The number of pyridine rings is 1. The molecular formula is C18H19FN4O3. The number of rotatable bonds is 4. The maximum absolute atomic E-state index is 13.0. The van der Waals surface area contributed by atoms with Gasteiger partial charge in [-0.1, -0.05) is 6.92 Å². The minimum absolute atomic E-state index is 0.210. The number of benzene rings is 1. The van der Waals surface area contributed by atoms with Gasteiger partial charge in [0.2, 0.25) is 5.91 Å². The zero-order chi connectivity index (χ0) is 18.8. The molecule has 3 rings (SSSR count). The van der Waals surface area contributed by atoms with Gasteiger partial charge in [0.25, 0.3) is 5.91 Å². The normalized spacial score (nSPS) is 17.3. The number of amides is 2. The quantitative estimate of drug-likeness (QED) is 0.874. The molecule has 2 amide bonds. The van der Waals surface area contributed by atoms with Gasteiger partial charge in [0, 0.05) is 5.69 Å². The van der Waals surface area contributed by atoms with Crippen LogP contribution in [-0.4, -0.2) is 28.9 Å². The fourth-order valence-electron chi connectivity index (χ4n) is 2.71. The number of carbonyl (C=O) groups excluding carboxylic acids is 2. The first kappa shape index (κ1) is 17.7. The molecular weight excluding hydrogens is 339 g/mol. The van der Waals surface area contributed by atoms with Crippen LogP contribution < -0.4 is 20.7 Å².